The summed E-state index contributed by atoms with van der Waals surface area (Å²) in [7, 11) is 0. The van der Waals surface area contributed by atoms with Gasteiger partial charge in [0.1, 0.15) is 12.4 Å². The Morgan fingerprint density at radius 3 is 2.80 bits per heavy atom. The zero-order chi connectivity index (χ0) is 17.6. The molecule has 0 amide bonds. The lowest BCUT2D eigenvalue weighted by Crippen LogP contribution is -2.23. The molecule has 0 radical (unpaired) electrons. The number of likely N-dealkylation sites (tertiary alicyclic amines) is 1. The SMILES string of the molecule is CC(O)C1CCN(Cc2cccc(OCc3cccc(C#N)c3)c2)C1. The quantitative estimate of drug-likeness (QED) is 0.879. The molecule has 0 saturated carbocycles. The van der Waals surface area contributed by atoms with Crippen LogP contribution in [-0.2, 0) is 13.2 Å². The van der Waals surface area contributed by atoms with E-state index in [1.165, 1.54) is 5.56 Å². The largest absolute Gasteiger partial charge is 0.489 e. The van der Waals surface area contributed by atoms with Crippen LogP contribution in [0.4, 0.5) is 0 Å². The Hall–Kier alpha value is -2.35. The Kier molecular flexibility index (Phi) is 5.70. The fraction of sp³-hybridized carbons (Fsp3) is 0.381. The molecule has 1 aliphatic rings. The van der Waals surface area contributed by atoms with Crippen molar-refractivity contribution in [2.24, 2.45) is 5.92 Å². The fourth-order valence-corrected chi connectivity index (χ4v) is 3.29. The minimum absolute atomic E-state index is 0.233. The molecular weight excluding hydrogens is 312 g/mol. The highest BCUT2D eigenvalue weighted by atomic mass is 16.5. The Morgan fingerprint density at radius 2 is 2.04 bits per heavy atom. The molecule has 1 aliphatic heterocycles. The molecule has 0 spiro atoms. The zero-order valence-electron chi connectivity index (χ0n) is 14.6. The number of hydrogen-bond donors (Lipinski definition) is 1. The molecular formula is C21H24N2O2. The molecule has 1 saturated heterocycles. The van der Waals surface area contributed by atoms with Gasteiger partial charge >= 0.3 is 0 Å². The summed E-state index contributed by atoms with van der Waals surface area (Å²) in [6.45, 7) is 5.19. The summed E-state index contributed by atoms with van der Waals surface area (Å²) in [6.07, 6.45) is 0.826. The summed E-state index contributed by atoms with van der Waals surface area (Å²) in [5.74, 6) is 1.22. The second-order valence-electron chi connectivity index (χ2n) is 6.77. The number of hydrogen-bond acceptors (Lipinski definition) is 4. The third-order valence-electron chi connectivity index (χ3n) is 4.76. The summed E-state index contributed by atoms with van der Waals surface area (Å²) in [5.41, 5.74) is 2.86. The predicted octanol–water partition coefficient (Wildman–Crippen LogP) is 3.34. The summed E-state index contributed by atoms with van der Waals surface area (Å²) in [6, 6.07) is 17.8. The molecule has 0 aliphatic carbocycles. The summed E-state index contributed by atoms with van der Waals surface area (Å²) >= 11 is 0. The third-order valence-corrected chi connectivity index (χ3v) is 4.76. The first-order valence-electron chi connectivity index (χ1n) is 8.75. The second-order valence-corrected chi connectivity index (χ2v) is 6.77. The lowest BCUT2D eigenvalue weighted by atomic mass is 10.0. The van der Waals surface area contributed by atoms with E-state index in [4.69, 9.17) is 10.00 Å². The van der Waals surface area contributed by atoms with E-state index in [2.05, 4.69) is 23.1 Å². The fourth-order valence-electron chi connectivity index (χ4n) is 3.29. The van der Waals surface area contributed by atoms with E-state index in [9.17, 15) is 5.11 Å². The minimum Gasteiger partial charge on any atom is -0.489 e. The maximum Gasteiger partial charge on any atom is 0.120 e. The zero-order valence-corrected chi connectivity index (χ0v) is 14.6. The molecule has 25 heavy (non-hydrogen) atoms. The van der Waals surface area contributed by atoms with Crippen molar-refractivity contribution in [1.82, 2.24) is 4.90 Å². The van der Waals surface area contributed by atoms with Crippen molar-refractivity contribution >= 4 is 0 Å². The van der Waals surface area contributed by atoms with E-state index in [0.717, 1.165) is 37.4 Å². The highest BCUT2D eigenvalue weighted by Crippen LogP contribution is 2.23. The number of benzene rings is 2. The van der Waals surface area contributed by atoms with Crippen LogP contribution in [0.25, 0.3) is 0 Å². The van der Waals surface area contributed by atoms with E-state index >= 15 is 0 Å². The van der Waals surface area contributed by atoms with Gasteiger partial charge in [0.25, 0.3) is 0 Å². The van der Waals surface area contributed by atoms with Gasteiger partial charge in [-0.3, -0.25) is 4.90 Å². The average molecular weight is 336 g/mol. The molecule has 1 heterocycles. The molecule has 4 heteroatoms. The van der Waals surface area contributed by atoms with Crippen molar-refractivity contribution in [1.29, 1.82) is 5.26 Å². The van der Waals surface area contributed by atoms with Crippen molar-refractivity contribution < 1.29 is 9.84 Å². The van der Waals surface area contributed by atoms with Gasteiger partial charge in [-0.05, 0) is 61.2 Å². The maximum atomic E-state index is 9.73. The summed E-state index contributed by atoms with van der Waals surface area (Å²) in [5, 5.41) is 18.7. The first-order chi connectivity index (χ1) is 12.1. The first kappa shape index (κ1) is 17.5. The van der Waals surface area contributed by atoms with Gasteiger partial charge in [-0.2, -0.15) is 5.26 Å². The third kappa shape index (κ3) is 4.82. The van der Waals surface area contributed by atoms with E-state index in [-0.39, 0.29) is 6.10 Å². The lowest BCUT2D eigenvalue weighted by molar-refractivity contribution is 0.127. The normalized spacial score (nSPS) is 18.7. The number of ether oxygens (including phenoxy) is 1. The highest BCUT2D eigenvalue weighted by Gasteiger charge is 2.25. The van der Waals surface area contributed by atoms with Gasteiger partial charge in [-0.15, -0.1) is 0 Å². The molecule has 0 aromatic heterocycles. The Balaban J connectivity index is 1.57. The molecule has 3 rings (SSSR count). The van der Waals surface area contributed by atoms with Crippen LogP contribution in [0.5, 0.6) is 5.75 Å². The van der Waals surface area contributed by atoms with Gasteiger partial charge in [0, 0.05) is 13.1 Å². The highest BCUT2D eigenvalue weighted by molar-refractivity contribution is 5.33. The van der Waals surface area contributed by atoms with Gasteiger partial charge in [0.05, 0.1) is 17.7 Å². The summed E-state index contributed by atoms with van der Waals surface area (Å²) in [4.78, 5) is 2.38. The van der Waals surface area contributed by atoms with Crippen LogP contribution in [0.1, 0.15) is 30.0 Å². The van der Waals surface area contributed by atoms with Gasteiger partial charge < -0.3 is 9.84 Å². The molecule has 130 valence electrons. The Morgan fingerprint density at radius 1 is 1.24 bits per heavy atom. The van der Waals surface area contributed by atoms with Crippen molar-refractivity contribution in [2.75, 3.05) is 13.1 Å². The molecule has 2 atom stereocenters. The number of nitrogens with zero attached hydrogens (tertiary/aromatic N) is 2. The molecule has 2 aromatic carbocycles. The van der Waals surface area contributed by atoms with Crippen molar-refractivity contribution in [3.63, 3.8) is 0 Å². The van der Waals surface area contributed by atoms with Gasteiger partial charge in [0.2, 0.25) is 0 Å². The monoisotopic (exact) mass is 336 g/mol. The van der Waals surface area contributed by atoms with Crippen molar-refractivity contribution in [2.45, 2.75) is 32.6 Å². The standard InChI is InChI=1S/C21H24N2O2/c1-16(24)20-8-9-23(14-20)13-18-5-3-7-21(11-18)25-15-19-6-2-4-17(10-19)12-22/h2-7,10-11,16,20,24H,8-9,13-15H2,1H3. The van der Waals surface area contributed by atoms with Gasteiger partial charge in [-0.1, -0.05) is 24.3 Å². The van der Waals surface area contributed by atoms with Gasteiger partial charge in [0.15, 0.2) is 0 Å². The number of aliphatic hydroxyl groups excluding tert-OH is 1. The molecule has 2 aromatic rings. The lowest BCUT2D eigenvalue weighted by Gasteiger charge is -2.18. The van der Waals surface area contributed by atoms with Crippen LogP contribution in [0, 0.1) is 17.2 Å². The van der Waals surface area contributed by atoms with Crippen LogP contribution >= 0.6 is 0 Å². The van der Waals surface area contributed by atoms with Crippen LogP contribution in [0.2, 0.25) is 0 Å². The minimum atomic E-state index is -0.233. The maximum absolute atomic E-state index is 9.73. The van der Waals surface area contributed by atoms with E-state index in [1.807, 2.05) is 37.3 Å². The molecule has 0 bridgehead atoms. The number of aliphatic hydroxyl groups is 1. The average Bonchev–Trinajstić information content (AvgIpc) is 3.09. The van der Waals surface area contributed by atoms with Crippen molar-refractivity contribution in [3.8, 4) is 11.8 Å². The van der Waals surface area contributed by atoms with E-state index < -0.39 is 0 Å². The van der Waals surface area contributed by atoms with Crippen LogP contribution in [0.3, 0.4) is 0 Å². The molecule has 1 fully saturated rings. The van der Waals surface area contributed by atoms with Crippen LogP contribution in [-0.4, -0.2) is 29.2 Å². The summed E-state index contributed by atoms with van der Waals surface area (Å²) < 4.78 is 5.89. The Bertz CT molecular complexity index is 752. The Labute approximate surface area is 149 Å². The number of nitriles is 1. The topological polar surface area (TPSA) is 56.5 Å². The predicted molar refractivity (Wildman–Crippen MR) is 97.0 cm³/mol. The molecule has 4 nitrogen and oxygen atoms in total. The molecule has 2 unspecified atom stereocenters. The van der Waals surface area contributed by atoms with Crippen molar-refractivity contribution in [3.05, 3.63) is 65.2 Å². The second kappa shape index (κ2) is 8.15. The van der Waals surface area contributed by atoms with E-state index in [0.29, 0.717) is 18.1 Å². The van der Waals surface area contributed by atoms with Gasteiger partial charge in [-0.25, -0.2) is 0 Å². The van der Waals surface area contributed by atoms with E-state index in [1.54, 1.807) is 6.07 Å². The molecule has 1 N–H and O–H groups in total. The van der Waals surface area contributed by atoms with Crippen LogP contribution in [0.15, 0.2) is 48.5 Å². The number of rotatable bonds is 6. The smallest absolute Gasteiger partial charge is 0.120 e. The first-order valence-corrected chi connectivity index (χ1v) is 8.75. The van der Waals surface area contributed by atoms with Crippen LogP contribution < -0.4 is 4.74 Å².